The van der Waals surface area contributed by atoms with Gasteiger partial charge in [0.25, 0.3) is 0 Å². The summed E-state index contributed by atoms with van der Waals surface area (Å²) in [5, 5.41) is 7.16. The Morgan fingerprint density at radius 3 is 2.47 bits per heavy atom. The zero-order valence-corrected chi connectivity index (χ0v) is 11.7. The summed E-state index contributed by atoms with van der Waals surface area (Å²) in [6.07, 6.45) is 2.07. The van der Waals surface area contributed by atoms with Gasteiger partial charge in [-0.1, -0.05) is 12.1 Å². The molecule has 0 aliphatic rings. The molecular formula is C12H15N3S2. The second kappa shape index (κ2) is 5.06. The third kappa shape index (κ3) is 2.45. The molecule has 0 radical (unpaired) electrons. The van der Waals surface area contributed by atoms with Crippen LogP contribution >= 0.6 is 24.0 Å². The molecule has 0 aliphatic heterocycles. The summed E-state index contributed by atoms with van der Waals surface area (Å²) in [5.41, 5.74) is 1.09. The van der Waals surface area contributed by atoms with E-state index in [0.717, 1.165) is 11.4 Å². The van der Waals surface area contributed by atoms with Gasteiger partial charge in [0.05, 0.1) is 0 Å². The Morgan fingerprint density at radius 1 is 1.29 bits per heavy atom. The van der Waals surface area contributed by atoms with Gasteiger partial charge in [-0.15, -0.1) is 11.8 Å². The van der Waals surface area contributed by atoms with E-state index in [9.17, 15) is 0 Å². The molecule has 1 aromatic heterocycles. The number of benzene rings is 1. The molecule has 5 heteroatoms. The highest BCUT2D eigenvalue weighted by Crippen LogP contribution is 2.23. The topological polar surface area (TPSA) is 33.6 Å². The molecule has 0 aliphatic carbocycles. The molecule has 17 heavy (non-hydrogen) atoms. The zero-order valence-electron chi connectivity index (χ0n) is 10.1. The molecule has 3 nitrogen and oxygen atoms in total. The van der Waals surface area contributed by atoms with Crippen molar-refractivity contribution in [1.29, 1.82) is 0 Å². The summed E-state index contributed by atoms with van der Waals surface area (Å²) in [6, 6.07) is 8.66. The first-order chi connectivity index (χ1) is 8.13. The molecule has 0 bridgehead atoms. The molecular weight excluding hydrogens is 250 g/mol. The molecule has 0 saturated heterocycles. The Morgan fingerprint density at radius 2 is 1.94 bits per heavy atom. The molecule has 0 unspecified atom stereocenters. The Balaban J connectivity index is 2.49. The van der Waals surface area contributed by atoms with Gasteiger partial charge >= 0.3 is 0 Å². The highest BCUT2D eigenvalue weighted by Gasteiger charge is 2.10. The van der Waals surface area contributed by atoms with Crippen LogP contribution in [0.25, 0.3) is 11.4 Å². The summed E-state index contributed by atoms with van der Waals surface area (Å²) >= 11 is 6.97. The second-order valence-electron chi connectivity index (χ2n) is 4.04. The van der Waals surface area contributed by atoms with Gasteiger partial charge in [0.2, 0.25) is 0 Å². The molecule has 1 N–H and O–H groups in total. The average Bonchev–Trinajstić information content (AvgIpc) is 2.71. The van der Waals surface area contributed by atoms with E-state index in [4.69, 9.17) is 12.2 Å². The van der Waals surface area contributed by atoms with Crippen molar-refractivity contribution >= 4 is 24.0 Å². The molecule has 1 heterocycles. The van der Waals surface area contributed by atoms with E-state index in [0.29, 0.717) is 10.8 Å². The maximum Gasteiger partial charge on any atom is 0.195 e. The number of thioether (sulfide) groups is 1. The molecule has 2 aromatic rings. The zero-order chi connectivity index (χ0) is 12.4. The van der Waals surface area contributed by atoms with E-state index < -0.39 is 0 Å². The maximum absolute atomic E-state index is 5.24. The van der Waals surface area contributed by atoms with Crippen LogP contribution in [0, 0.1) is 4.77 Å². The van der Waals surface area contributed by atoms with Crippen LogP contribution in [0.4, 0.5) is 0 Å². The van der Waals surface area contributed by atoms with Gasteiger partial charge in [0.15, 0.2) is 10.6 Å². The van der Waals surface area contributed by atoms with Crippen molar-refractivity contribution in [2.24, 2.45) is 0 Å². The van der Waals surface area contributed by atoms with Crippen LogP contribution in [0.2, 0.25) is 0 Å². The van der Waals surface area contributed by atoms with Gasteiger partial charge in [0, 0.05) is 16.5 Å². The fourth-order valence-corrected chi connectivity index (χ4v) is 2.48. The summed E-state index contributed by atoms with van der Waals surface area (Å²) in [5.74, 6) is 0.901. The lowest BCUT2D eigenvalue weighted by Gasteiger charge is -2.10. The van der Waals surface area contributed by atoms with Crippen LogP contribution in [-0.2, 0) is 0 Å². The van der Waals surface area contributed by atoms with E-state index in [1.165, 1.54) is 4.90 Å². The molecule has 0 spiro atoms. The van der Waals surface area contributed by atoms with Gasteiger partial charge in [-0.3, -0.25) is 9.67 Å². The standard InChI is InChI=1S/C12H15N3S2/c1-8(2)15-11(13-14-12(15)16)9-4-6-10(17-3)7-5-9/h4-8H,1-3H3,(H,14,16). The van der Waals surface area contributed by atoms with Gasteiger partial charge < -0.3 is 0 Å². The minimum atomic E-state index is 0.302. The van der Waals surface area contributed by atoms with E-state index in [2.05, 4.69) is 54.6 Å². The predicted octanol–water partition coefficient (Wildman–Crippen LogP) is 3.91. The van der Waals surface area contributed by atoms with Gasteiger partial charge in [-0.25, -0.2) is 0 Å². The van der Waals surface area contributed by atoms with Crippen molar-refractivity contribution in [3.63, 3.8) is 0 Å². The highest BCUT2D eigenvalue weighted by atomic mass is 32.2. The molecule has 90 valence electrons. The summed E-state index contributed by atoms with van der Waals surface area (Å²) in [7, 11) is 0. The number of aromatic amines is 1. The van der Waals surface area contributed by atoms with Crippen LogP contribution in [0.5, 0.6) is 0 Å². The number of nitrogens with zero attached hydrogens (tertiary/aromatic N) is 2. The monoisotopic (exact) mass is 265 g/mol. The smallest absolute Gasteiger partial charge is 0.195 e. The number of H-pyrrole nitrogens is 1. The van der Waals surface area contributed by atoms with Gasteiger partial charge in [0.1, 0.15) is 0 Å². The third-order valence-electron chi connectivity index (χ3n) is 2.57. The number of hydrogen-bond acceptors (Lipinski definition) is 3. The first kappa shape index (κ1) is 12.4. The lowest BCUT2D eigenvalue weighted by Crippen LogP contribution is -2.03. The first-order valence-electron chi connectivity index (χ1n) is 5.45. The number of aromatic nitrogens is 3. The Kier molecular flexibility index (Phi) is 3.69. The van der Waals surface area contributed by atoms with Crippen molar-refractivity contribution in [2.75, 3.05) is 6.26 Å². The van der Waals surface area contributed by atoms with E-state index in [1.54, 1.807) is 11.8 Å². The quantitative estimate of drug-likeness (QED) is 0.675. The second-order valence-corrected chi connectivity index (χ2v) is 5.31. The molecule has 0 fully saturated rings. The van der Waals surface area contributed by atoms with E-state index in [-0.39, 0.29) is 0 Å². The molecule has 0 saturated carbocycles. The van der Waals surface area contributed by atoms with E-state index in [1.807, 2.05) is 4.57 Å². The third-order valence-corrected chi connectivity index (χ3v) is 3.60. The van der Waals surface area contributed by atoms with Crippen LogP contribution in [0.1, 0.15) is 19.9 Å². The Hall–Kier alpha value is -1.07. The first-order valence-corrected chi connectivity index (χ1v) is 7.08. The summed E-state index contributed by atoms with van der Waals surface area (Å²) in [6.45, 7) is 4.20. The normalized spacial score (nSPS) is 11.1. The van der Waals surface area contributed by atoms with Crippen molar-refractivity contribution in [2.45, 2.75) is 24.8 Å². The molecule has 0 atom stereocenters. The fourth-order valence-electron chi connectivity index (χ4n) is 1.73. The minimum absolute atomic E-state index is 0.302. The number of rotatable bonds is 3. The largest absolute Gasteiger partial charge is 0.298 e. The molecule has 1 aromatic carbocycles. The number of hydrogen-bond donors (Lipinski definition) is 1. The maximum atomic E-state index is 5.24. The molecule has 0 amide bonds. The van der Waals surface area contributed by atoms with Crippen molar-refractivity contribution in [3.8, 4) is 11.4 Å². The Bertz CT molecular complexity index is 552. The average molecular weight is 265 g/mol. The lowest BCUT2D eigenvalue weighted by molar-refractivity contribution is 0.597. The van der Waals surface area contributed by atoms with E-state index >= 15 is 0 Å². The van der Waals surface area contributed by atoms with Crippen molar-refractivity contribution < 1.29 is 0 Å². The highest BCUT2D eigenvalue weighted by molar-refractivity contribution is 7.98. The fraction of sp³-hybridized carbons (Fsp3) is 0.333. The van der Waals surface area contributed by atoms with Crippen molar-refractivity contribution in [1.82, 2.24) is 14.8 Å². The Labute approximate surface area is 110 Å². The molecule has 2 rings (SSSR count). The minimum Gasteiger partial charge on any atom is -0.298 e. The van der Waals surface area contributed by atoms with Crippen LogP contribution in [0.3, 0.4) is 0 Å². The number of nitrogens with one attached hydrogen (secondary N) is 1. The van der Waals surface area contributed by atoms with Crippen LogP contribution in [0.15, 0.2) is 29.2 Å². The van der Waals surface area contributed by atoms with Crippen LogP contribution < -0.4 is 0 Å². The summed E-state index contributed by atoms with van der Waals surface area (Å²) in [4.78, 5) is 1.25. The van der Waals surface area contributed by atoms with Gasteiger partial charge in [-0.05, 0) is 44.5 Å². The van der Waals surface area contributed by atoms with Gasteiger partial charge in [-0.2, -0.15) is 5.10 Å². The lowest BCUT2D eigenvalue weighted by atomic mass is 10.2. The van der Waals surface area contributed by atoms with Crippen LogP contribution in [-0.4, -0.2) is 21.0 Å². The van der Waals surface area contributed by atoms with Crippen molar-refractivity contribution in [3.05, 3.63) is 29.0 Å². The predicted molar refractivity (Wildman–Crippen MR) is 75.0 cm³/mol. The SMILES string of the molecule is CSc1ccc(-c2n[nH]c(=S)n2C(C)C)cc1. The summed E-state index contributed by atoms with van der Waals surface area (Å²) < 4.78 is 2.70.